The van der Waals surface area contributed by atoms with E-state index in [0.29, 0.717) is 30.6 Å². The zero-order chi connectivity index (χ0) is 26.5. The molecule has 1 unspecified atom stereocenters. The maximum Gasteiger partial charge on any atom is 0.322 e. The van der Waals surface area contributed by atoms with Gasteiger partial charge in [-0.2, -0.15) is 10.4 Å². The van der Waals surface area contributed by atoms with Gasteiger partial charge in [-0.05, 0) is 38.1 Å². The number of aliphatic hydroxyl groups is 1. The number of rotatable bonds is 2. The number of hydrazine groups is 1. The summed E-state index contributed by atoms with van der Waals surface area (Å²) in [6.45, 7) is 2.86. The number of fused-ring (bicyclic) bond motifs is 3. The summed E-state index contributed by atoms with van der Waals surface area (Å²) >= 11 is 0. The summed E-state index contributed by atoms with van der Waals surface area (Å²) in [7, 11) is 1.48. The quantitative estimate of drug-likeness (QED) is 0.541. The minimum atomic E-state index is -1.71. The van der Waals surface area contributed by atoms with Gasteiger partial charge in [0.1, 0.15) is 17.6 Å². The zero-order valence-electron chi connectivity index (χ0n) is 20.5. The van der Waals surface area contributed by atoms with Crippen molar-refractivity contribution in [1.82, 2.24) is 30.0 Å². The first-order valence-electron chi connectivity index (χ1n) is 12.1. The molecule has 3 aliphatic heterocycles. The van der Waals surface area contributed by atoms with Gasteiger partial charge in [-0.3, -0.25) is 19.6 Å². The van der Waals surface area contributed by atoms with Gasteiger partial charge in [0.15, 0.2) is 5.72 Å². The molecule has 194 valence electrons. The largest absolute Gasteiger partial charge is 0.367 e. The number of anilines is 1. The van der Waals surface area contributed by atoms with Crippen LogP contribution >= 0.6 is 0 Å². The van der Waals surface area contributed by atoms with Gasteiger partial charge in [0.05, 0.1) is 30.9 Å². The molecule has 37 heavy (non-hydrogen) atoms. The SMILES string of the molecule is C[C@@H]1Cc2nn3c(c2CN1C(=O)Nc1ccc(F)c(C#N)c1)C(=O)N(C)N(C(=O)C1(O)CCCN1)CC3. The highest BCUT2D eigenvalue weighted by atomic mass is 19.1. The van der Waals surface area contributed by atoms with E-state index in [1.54, 1.807) is 15.7 Å². The normalized spacial score (nSPS) is 23.3. The molecule has 12 nitrogen and oxygen atoms in total. The lowest BCUT2D eigenvalue weighted by Crippen LogP contribution is -2.59. The van der Waals surface area contributed by atoms with E-state index in [2.05, 4.69) is 15.7 Å². The number of aromatic nitrogens is 2. The van der Waals surface area contributed by atoms with Crippen molar-refractivity contribution < 1.29 is 23.9 Å². The molecule has 0 bridgehead atoms. The third-order valence-electron chi connectivity index (χ3n) is 7.19. The number of nitriles is 1. The van der Waals surface area contributed by atoms with Gasteiger partial charge >= 0.3 is 6.03 Å². The monoisotopic (exact) mass is 510 g/mol. The van der Waals surface area contributed by atoms with Crippen molar-refractivity contribution in [2.24, 2.45) is 0 Å². The summed E-state index contributed by atoms with van der Waals surface area (Å²) in [5, 5.41) is 32.3. The molecule has 3 N–H and O–H groups in total. The van der Waals surface area contributed by atoms with Crippen LogP contribution in [0.2, 0.25) is 0 Å². The Kier molecular flexibility index (Phi) is 6.09. The van der Waals surface area contributed by atoms with Crippen LogP contribution in [0.3, 0.4) is 0 Å². The molecule has 3 aliphatic rings. The Hall–Kier alpha value is -4.02. The maximum absolute atomic E-state index is 13.7. The van der Waals surface area contributed by atoms with Crippen LogP contribution in [0.5, 0.6) is 0 Å². The number of hydrogen-bond donors (Lipinski definition) is 3. The Morgan fingerprint density at radius 2 is 2.14 bits per heavy atom. The van der Waals surface area contributed by atoms with Gasteiger partial charge in [0, 0.05) is 37.2 Å². The molecule has 0 aliphatic carbocycles. The van der Waals surface area contributed by atoms with Crippen molar-refractivity contribution in [3.8, 4) is 6.07 Å². The summed E-state index contributed by atoms with van der Waals surface area (Å²) in [5.41, 5.74) is -0.0302. The van der Waals surface area contributed by atoms with Crippen LogP contribution in [0.1, 0.15) is 47.1 Å². The number of carbonyl (C=O) groups excluding carboxylic acids is 3. The number of carbonyl (C=O) groups is 3. The van der Waals surface area contributed by atoms with Crippen LogP contribution in [-0.2, 0) is 24.3 Å². The van der Waals surface area contributed by atoms with Crippen LogP contribution in [-0.4, -0.2) is 79.6 Å². The van der Waals surface area contributed by atoms with E-state index in [1.807, 2.05) is 6.92 Å². The molecular weight excluding hydrogens is 483 g/mol. The average Bonchev–Trinajstić information content (AvgIpc) is 3.44. The van der Waals surface area contributed by atoms with Crippen LogP contribution in [0.25, 0.3) is 0 Å². The smallest absolute Gasteiger partial charge is 0.322 e. The van der Waals surface area contributed by atoms with Crippen LogP contribution < -0.4 is 10.6 Å². The number of nitrogens with one attached hydrogen (secondary N) is 2. The first-order valence-corrected chi connectivity index (χ1v) is 12.1. The molecule has 5 rings (SSSR count). The van der Waals surface area contributed by atoms with E-state index >= 15 is 0 Å². The number of halogens is 1. The standard InChI is InChI=1S/C24H27FN8O4/c1-14-10-19-17(13-31(14)23(36)28-16-4-5-18(25)15(11-16)12-26)20-21(34)30(2)33(9-8-32(20)29-19)22(35)24(37)6-3-7-27-24/h4-5,11,14,27,37H,3,6-10,13H2,1-2H3,(H,28,36)/t14-,24?/m1/s1. The molecule has 1 aromatic heterocycles. The van der Waals surface area contributed by atoms with Crippen molar-refractivity contribution >= 4 is 23.5 Å². The van der Waals surface area contributed by atoms with E-state index < -0.39 is 29.4 Å². The van der Waals surface area contributed by atoms with E-state index in [1.165, 1.54) is 29.2 Å². The molecular formula is C24H27FN8O4. The second-order valence-electron chi connectivity index (χ2n) is 9.56. The van der Waals surface area contributed by atoms with E-state index in [4.69, 9.17) is 5.26 Å². The highest BCUT2D eigenvalue weighted by molar-refractivity contribution is 5.97. The second-order valence-corrected chi connectivity index (χ2v) is 9.56. The van der Waals surface area contributed by atoms with Gasteiger partial charge in [0.2, 0.25) is 0 Å². The highest BCUT2D eigenvalue weighted by Gasteiger charge is 2.45. The van der Waals surface area contributed by atoms with Crippen molar-refractivity contribution in [3.63, 3.8) is 0 Å². The van der Waals surface area contributed by atoms with Gasteiger partial charge in [-0.15, -0.1) is 0 Å². The highest BCUT2D eigenvalue weighted by Crippen LogP contribution is 2.30. The first-order chi connectivity index (χ1) is 17.6. The predicted molar refractivity (Wildman–Crippen MR) is 127 cm³/mol. The lowest BCUT2D eigenvalue weighted by Gasteiger charge is -2.35. The Labute approximate surface area is 212 Å². The van der Waals surface area contributed by atoms with Crippen LogP contribution in [0.4, 0.5) is 14.9 Å². The molecule has 13 heteroatoms. The lowest BCUT2D eigenvalue weighted by molar-refractivity contribution is -0.165. The summed E-state index contributed by atoms with van der Waals surface area (Å²) < 4.78 is 15.2. The van der Waals surface area contributed by atoms with E-state index in [-0.39, 0.29) is 49.0 Å². The fourth-order valence-electron chi connectivity index (χ4n) is 5.12. The topological polar surface area (TPSA) is 147 Å². The summed E-state index contributed by atoms with van der Waals surface area (Å²) in [6.07, 6.45) is 1.32. The Morgan fingerprint density at radius 1 is 1.35 bits per heavy atom. The lowest BCUT2D eigenvalue weighted by atomic mass is 9.99. The minimum absolute atomic E-state index is 0.100. The molecule has 0 saturated carbocycles. The van der Waals surface area contributed by atoms with Crippen molar-refractivity contribution in [2.75, 3.05) is 25.5 Å². The van der Waals surface area contributed by atoms with Crippen molar-refractivity contribution in [1.29, 1.82) is 5.26 Å². The number of nitrogens with zero attached hydrogens (tertiary/aromatic N) is 6. The number of urea groups is 1. The molecule has 0 spiro atoms. The zero-order valence-corrected chi connectivity index (χ0v) is 20.5. The first kappa shape index (κ1) is 24.7. The number of benzene rings is 1. The number of amides is 4. The van der Waals surface area contributed by atoms with Crippen LogP contribution in [0, 0.1) is 17.1 Å². The Morgan fingerprint density at radius 3 is 2.84 bits per heavy atom. The molecule has 2 aromatic rings. The fraction of sp³-hybridized carbons (Fsp3) is 0.458. The van der Waals surface area contributed by atoms with Crippen LogP contribution in [0.15, 0.2) is 18.2 Å². The van der Waals surface area contributed by atoms with Crippen molar-refractivity contribution in [3.05, 3.63) is 46.5 Å². The minimum Gasteiger partial charge on any atom is -0.367 e. The van der Waals surface area contributed by atoms with E-state index in [9.17, 15) is 23.9 Å². The third kappa shape index (κ3) is 4.17. The van der Waals surface area contributed by atoms with Gasteiger partial charge in [-0.25, -0.2) is 19.2 Å². The summed E-state index contributed by atoms with van der Waals surface area (Å²) in [4.78, 5) is 41.3. The molecule has 1 fully saturated rings. The van der Waals surface area contributed by atoms with Gasteiger partial charge in [0.25, 0.3) is 11.8 Å². The predicted octanol–water partition coefficient (Wildman–Crippen LogP) is 0.774. The number of hydrogen-bond acceptors (Lipinski definition) is 7. The third-order valence-corrected chi connectivity index (χ3v) is 7.19. The van der Waals surface area contributed by atoms with Gasteiger partial charge < -0.3 is 15.3 Å². The molecule has 1 saturated heterocycles. The summed E-state index contributed by atoms with van der Waals surface area (Å²) in [5.74, 6) is -1.73. The summed E-state index contributed by atoms with van der Waals surface area (Å²) in [6, 6.07) is 4.79. The van der Waals surface area contributed by atoms with E-state index in [0.717, 1.165) is 6.07 Å². The molecule has 0 radical (unpaired) electrons. The molecule has 2 atom stereocenters. The Balaban J connectivity index is 1.38. The van der Waals surface area contributed by atoms with Crippen molar-refractivity contribution in [2.45, 2.75) is 51.0 Å². The molecule has 1 aromatic carbocycles. The van der Waals surface area contributed by atoms with Gasteiger partial charge in [-0.1, -0.05) is 0 Å². The molecule has 4 amide bonds. The fourth-order valence-corrected chi connectivity index (χ4v) is 5.12. The maximum atomic E-state index is 13.7. The Bertz CT molecular complexity index is 1330. The molecule has 4 heterocycles. The average molecular weight is 511 g/mol. The second kappa shape index (κ2) is 9.13.